The molecular weight excluding hydrogens is 268 g/mol. The first-order chi connectivity index (χ1) is 9.77. The summed E-state index contributed by atoms with van der Waals surface area (Å²) in [4.78, 5) is 10.8. The summed E-state index contributed by atoms with van der Waals surface area (Å²) in [7, 11) is 0. The number of benzene rings is 1. The third kappa shape index (κ3) is 2.88. The van der Waals surface area contributed by atoms with Gasteiger partial charge in [0.1, 0.15) is 0 Å². The van der Waals surface area contributed by atoms with E-state index >= 15 is 0 Å². The van der Waals surface area contributed by atoms with Crippen LogP contribution in [0.1, 0.15) is 38.3 Å². The number of nitrogens with one attached hydrogen (secondary N) is 1. The molecule has 0 spiro atoms. The van der Waals surface area contributed by atoms with Crippen molar-refractivity contribution >= 4 is 11.4 Å². The molecule has 2 unspecified atom stereocenters. The van der Waals surface area contributed by atoms with Crippen LogP contribution in [-0.2, 0) is 4.74 Å². The fourth-order valence-electron chi connectivity index (χ4n) is 3.00. The predicted molar refractivity (Wildman–Crippen MR) is 83.8 cm³/mol. The molecule has 0 radical (unpaired) electrons. The molecule has 0 bridgehead atoms. The van der Waals surface area contributed by atoms with Gasteiger partial charge in [-0.1, -0.05) is 13.8 Å². The van der Waals surface area contributed by atoms with Crippen molar-refractivity contribution in [1.29, 1.82) is 0 Å². The minimum Gasteiger partial charge on any atom is -0.381 e. The molecule has 1 aliphatic carbocycles. The molecule has 0 saturated heterocycles. The van der Waals surface area contributed by atoms with Crippen LogP contribution in [0, 0.1) is 29.4 Å². The lowest BCUT2D eigenvalue weighted by Crippen LogP contribution is -2.58. The minimum absolute atomic E-state index is 0.0299. The van der Waals surface area contributed by atoms with E-state index in [0.29, 0.717) is 5.56 Å². The Labute approximate surface area is 125 Å². The molecule has 1 aromatic rings. The summed E-state index contributed by atoms with van der Waals surface area (Å²) in [6, 6.07) is 3.79. The summed E-state index contributed by atoms with van der Waals surface area (Å²) in [5.74, 6) is 0. The Morgan fingerprint density at radius 3 is 2.57 bits per heavy atom. The van der Waals surface area contributed by atoms with E-state index in [1.54, 1.807) is 13.0 Å². The molecule has 0 amide bonds. The molecule has 1 fully saturated rings. The average Bonchev–Trinajstić information content (AvgIpc) is 2.39. The smallest absolute Gasteiger partial charge is 0.274 e. The van der Waals surface area contributed by atoms with Gasteiger partial charge < -0.3 is 10.1 Å². The largest absolute Gasteiger partial charge is 0.381 e. The van der Waals surface area contributed by atoms with Crippen molar-refractivity contribution in [2.45, 2.75) is 53.2 Å². The maximum absolute atomic E-state index is 11.1. The number of ether oxygens (including phenoxy) is 1. The number of hydrogen-bond donors (Lipinski definition) is 1. The van der Waals surface area contributed by atoms with Crippen LogP contribution in [0.3, 0.4) is 0 Å². The first-order valence-electron chi connectivity index (χ1n) is 7.41. The summed E-state index contributed by atoms with van der Waals surface area (Å²) in [6.45, 7) is 10.8. The third-order valence-electron chi connectivity index (χ3n) is 4.61. The van der Waals surface area contributed by atoms with Crippen molar-refractivity contribution in [2.24, 2.45) is 5.41 Å². The van der Waals surface area contributed by atoms with E-state index in [1.165, 1.54) is 0 Å². The first kappa shape index (κ1) is 15.8. The third-order valence-corrected chi connectivity index (χ3v) is 4.61. The van der Waals surface area contributed by atoms with E-state index in [9.17, 15) is 10.1 Å². The maximum atomic E-state index is 11.1. The van der Waals surface area contributed by atoms with Crippen LogP contribution in [-0.4, -0.2) is 23.7 Å². The summed E-state index contributed by atoms with van der Waals surface area (Å²) in [6.07, 6.45) is 1.18. The fraction of sp³-hybridized carbons (Fsp3) is 0.625. The average molecular weight is 292 g/mol. The fourth-order valence-corrected chi connectivity index (χ4v) is 3.00. The molecule has 5 heteroatoms. The molecule has 1 aliphatic rings. The maximum Gasteiger partial charge on any atom is 0.274 e. The summed E-state index contributed by atoms with van der Waals surface area (Å²) in [5, 5.41) is 14.5. The monoisotopic (exact) mass is 292 g/mol. The highest BCUT2D eigenvalue weighted by Crippen LogP contribution is 2.45. The van der Waals surface area contributed by atoms with Crippen LogP contribution in [0.25, 0.3) is 0 Å². The van der Waals surface area contributed by atoms with Gasteiger partial charge in [-0.05, 0) is 38.8 Å². The van der Waals surface area contributed by atoms with Gasteiger partial charge in [-0.15, -0.1) is 0 Å². The molecule has 1 N–H and O–H groups in total. The van der Waals surface area contributed by atoms with E-state index in [-0.39, 0.29) is 28.2 Å². The number of nitro benzene ring substituents is 1. The minimum atomic E-state index is -0.325. The lowest BCUT2D eigenvalue weighted by molar-refractivity contribution is -0.385. The molecular formula is C16H24N2O3. The number of nitrogens with zero attached hydrogens (tertiary/aromatic N) is 1. The highest BCUT2D eigenvalue weighted by atomic mass is 16.6. The van der Waals surface area contributed by atoms with Crippen LogP contribution in [0.15, 0.2) is 12.1 Å². The van der Waals surface area contributed by atoms with Gasteiger partial charge in [0.2, 0.25) is 0 Å². The number of aryl methyl sites for hydroxylation is 2. The molecule has 5 nitrogen and oxygen atoms in total. The highest BCUT2D eigenvalue weighted by molar-refractivity contribution is 5.61. The van der Waals surface area contributed by atoms with Gasteiger partial charge in [0.25, 0.3) is 5.69 Å². The zero-order valence-electron chi connectivity index (χ0n) is 13.4. The number of rotatable bonds is 5. The Kier molecular flexibility index (Phi) is 4.23. The Bertz CT molecular complexity index is 555. The molecule has 0 heterocycles. The molecule has 2 rings (SSSR count). The van der Waals surface area contributed by atoms with Crippen LogP contribution >= 0.6 is 0 Å². The van der Waals surface area contributed by atoms with E-state index in [4.69, 9.17) is 4.74 Å². The molecule has 1 aromatic carbocycles. The lowest BCUT2D eigenvalue weighted by atomic mass is 9.64. The summed E-state index contributed by atoms with van der Waals surface area (Å²) in [5.41, 5.74) is 2.78. The van der Waals surface area contributed by atoms with Crippen LogP contribution in [0.5, 0.6) is 0 Å². The van der Waals surface area contributed by atoms with Crippen molar-refractivity contribution in [1.82, 2.24) is 0 Å². The van der Waals surface area contributed by atoms with Crippen LogP contribution < -0.4 is 5.32 Å². The number of nitro groups is 1. The van der Waals surface area contributed by atoms with Gasteiger partial charge in [-0.2, -0.15) is 0 Å². The zero-order chi connectivity index (χ0) is 15.8. The SMILES string of the molecule is CCOC1CC(Nc2cc([N+](=O)[O-])c(C)cc2C)C1(C)C. The second kappa shape index (κ2) is 5.64. The van der Waals surface area contributed by atoms with Gasteiger partial charge in [0.05, 0.1) is 11.0 Å². The van der Waals surface area contributed by atoms with Crippen LogP contribution in [0.4, 0.5) is 11.4 Å². The van der Waals surface area contributed by atoms with Gasteiger partial charge >= 0.3 is 0 Å². The van der Waals surface area contributed by atoms with Crippen LogP contribution in [0.2, 0.25) is 0 Å². The second-order valence-corrected chi connectivity index (χ2v) is 6.41. The molecule has 1 saturated carbocycles. The van der Waals surface area contributed by atoms with Crippen molar-refractivity contribution in [3.8, 4) is 0 Å². The van der Waals surface area contributed by atoms with E-state index in [0.717, 1.165) is 24.3 Å². The second-order valence-electron chi connectivity index (χ2n) is 6.41. The molecule has 21 heavy (non-hydrogen) atoms. The van der Waals surface area contributed by atoms with Gasteiger partial charge in [-0.25, -0.2) is 0 Å². The Balaban J connectivity index is 2.18. The quantitative estimate of drug-likeness (QED) is 0.661. The molecule has 0 aromatic heterocycles. The topological polar surface area (TPSA) is 64.4 Å². The van der Waals surface area contributed by atoms with Crippen molar-refractivity contribution in [3.63, 3.8) is 0 Å². The first-order valence-corrected chi connectivity index (χ1v) is 7.41. The normalized spacial score (nSPS) is 23.5. The van der Waals surface area contributed by atoms with Gasteiger partial charge in [0, 0.05) is 35.4 Å². The Morgan fingerprint density at radius 2 is 2.05 bits per heavy atom. The number of anilines is 1. The molecule has 2 atom stereocenters. The molecule has 116 valence electrons. The van der Waals surface area contributed by atoms with E-state index in [2.05, 4.69) is 19.2 Å². The predicted octanol–water partition coefficient (Wildman–Crippen LogP) is 3.83. The van der Waals surface area contributed by atoms with E-state index < -0.39 is 0 Å². The lowest BCUT2D eigenvalue weighted by Gasteiger charge is -2.52. The summed E-state index contributed by atoms with van der Waals surface area (Å²) < 4.78 is 5.72. The van der Waals surface area contributed by atoms with E-state index in [1.807, 2.05) is 19.9 Å². The standard InChI is InChI=1S/C16H24N2O3/c1-6-21-15-9-14(16(15,4)5)17-12-8-13(18(19)20)11(3)7-10(12)2/h7-8,14-15,17H,6,9H2,1-5H3. The van der Waals surface area contributed by atoms with Crippen molar-refractivity contribution < 1.29 is 9.66 Å². The van der Waals surface area contributed by atoms with Crippen molar-refractivity contribution in [2.75, 3.05) is 11.9 Å². The van der Waals surface area contributed by atoms with Crippen molar-refractivity contribution in [3.05, 3.63) is 33.4 Å². The highest BCUT2D eigenvalue weighted by Gasteiger charge is 2.49. The molecule has 0 aliphatic heterocycles. The zero-order valence-corrected chi connectivity index (χ0v) is 13.4. The van der Waals surface area contributed by atoms with Gasteiger partial charge in [-0.3, -0.25) is 10.1 Å². The summed E-state index contributed by atoms with van der Waals surface area (Å²) >= 11 is 0. The number of hydrogen-bond acceptors (Lipinski definition) is 4. The van der Waals surface area contributed by atoms with Gasteiger partial charge in [0.15, 0.2) is 0 Å². The Hall–Kier alpha value is -1.62. The Morgan fingerprint density at radius 1 is 1.38 bits per heavy atom.